The summed E-state index contributed by atoms with van der Waals surface area (Å²) in [7, 11) is 0. The number of aryl methyl sites for hydroxylation is 1. The minimum absolute atomic E-state index is 0.0844. The van der Waals surface area contributed by atoms with E-state index < -0.39 is 6.36 Å². The lowest BCUT2D eigenvalue weighted by molar-refractivity contribution is -0.274. The van der Waals surface area contributed by atoms with Crippen molar-refractivity contribution in [3.05, 3.63) is 52.3 Å². The van der Waals surface area contributed by atoms with Crippen LogP contribution in [0.3, 0.4) is 0 Å². The van der Waals surface area contributed by atoms with Crippen molar-refractivity contribution in [3.8, 4) is 5.75 Å². The first kappa shape index (κ1) is 19.9. The third kappa shape index (κ3) is 5.56. The first-order valence-electron chi connectivity index (χ1n) is 8.79. The van der Waals surface area contributed by atoms with Crippen molar-refractivity contribution in [1.82, 2.24) is 10.2 Å². The molecule has 0 saturated carbocycles. The van der Waals surface area contributed by atoms with E-state index in [9.17, 15) is 13.2 Å². The third-order valence-electron chi connectivity index (χ3n) is 4.72. The summed E-state index contributed by atoms with van der Waals surface area (Å²) in [5.74, 6) is -0.226. The van der Waals surface area contributed by atoms with Crippen molar-refractivity contribution < 1.29 is 22.6 Å². The van der Waals surface area contributed by atoms with Gasteiger partial charge in [-0.05, 0) is 67.9 Å². The van der Waals surface area contributed by atoms with E-state index in [1.807, 2.05) is 6.92 Å². The van der Waals surface area contributed by atoms with E-state index in [1.54, 1.807) is 18.3 Å². The number of ether oxygens (including phenoxy) is 2. The first-order valence-corrected chi connectivity index (χ1v) is 9.17. The number of hydrogen-bond acceptors (Lipinski definition) is 4. The van der Waals surface area contributed by atoms with Gasteiger partial charge in [0.05, 0.1) is 18.4 Å². The molecule has 0 unspecified atom stereocenters. The van der Waals surface area contributed by atoms with Crippen LogP contribution >= 0.6 is 11.6 Å². The van der Waals surface area contributed by atoms with Crippen LogP contribution in [-0.4, -0.2) is 22.7 Å². The Morgan fingerprint density at radius 2 is 1.96 bits per heavy atom. The van der Waals surface area contributed by atoms with Gasteiger partial charge in [-0.25, -0.2) is 0 Å². The number of benzene rings is 1. The molecule has 0 N–H and O–H groups in total. The van der Waals surface area contributed by atoms with Crippen LogP contribution in [0.1, 0.15) is 48.5 Å². The monoisotopic (exact) mass is 400 g/mol. The third-order valence-corrected chi connectivity index (χ3v) is 5.08. The van der Waals surface area contributed by atoms with Crippen LogP contribution < -0.4 is 4.74 Å². The van der Waals surface area contributed by atoms with Gasteiger partial charge in [-0.1, -0.05) is 23.7 Å². The summed E-state index contributed by atoms with van der Waals surface area (Å²) in [4.78, 5) is 0. The van der Waals surface area contributed by atoms with E-state index in [4.69, 9.17) is 16.3 Å². The largest absolute Gasteiger partial charge is 0.573 e. The van der Waals surface area contributed by atoms with Gasteiger partial charge in [0.15, 0.2) is 5.15 Å². The van der Waals surface area contributed by atoms with Crippen molar-refractivity contribution in [2.45, 2.75) is 57.6 Å². The number of rotatable bonds is 5. The standard InChI is InChI=1S/C19H20ClF3N2O2/c1-12-14(11-24-25-18(12)20)7-8-15-3-2-4-17(26-15)13-5-9-16(10-6-13)27-19(21,22)23/h5-6,9-11,15,17H,2-4,7-8H2,1H3/t15-,17+/m1/s1. The fourth-order valence-corrected chi connectivity index (χ4v) is 3.43. The summed E-state index contributed by atoms with van der Waals surface area (Å²) in [6.45, 7) is 1.92. The molecule has 1 aromatic heterocycles. The molecule has 1 fully saturated rings. The maximum absolute atomic E-state index is 12.3. The summed E-state index contributed by atoms with van der Waals surface area (Å²) in [6.07, 6.45) is 1.42. The molecule has 0 aliphatic carbocycles. The summed E-state index contributed by atoms with van der Waals surface area (Å²) < 4.78 is 46.9. The molecule has 4 nitrogen and oxygen atoms in total. The number of halogens is 4. The predicted molar refractivity (Wildman–Crippen MR) is 94.7 cm³/mol. The Labute approximate surface area is 160 Å². The Bertz CT molecular complexity index is 769. The van der Waals surface area contributed by atoms with Gasteiger partial charge in [0, 0.05) is 0 Å². The van der Waals surface area contributed by atoms with E-state index in [0.29, 0.717) is 5.15 Å². The molecule has 27 heavy (non-hydrogen) atoms. The number of nitrogens with zero attached hydrogens (tertiary/aromatic N) is 2. The second-order valence-corrected chi connectivity index (χ2v) is 6.98. The fraction of sp³-hybridized carbons (Fsp3) is 0.474. The zero-order chi connectivity index (χ0) is 19.4. The molecule has 0 bridgehead atoms. The summed E-state index contributed by atoms with van der Waals surface area (Å²) in [5, 5.41) is 8.12. The first-order chi connectivity index (χ1) is 12.8. The number of aromatic nitrogens is 2. The van der Waals surface area contributed by atoms with Gasteiger partial charge in [-0.15, -0.1) is 18.3 Å². The molecule has 2 aromatic rings. The lowest BCUT2D eigenvalue weighted by Gasteiger charge is -2.30. The SMILES string of the molecule is Cc1c(CC[C@H]2CCC[C@@H](c3ccc(OC(F)(F)F)cc3)O2)cnnc1Cl. The van der Waals surface area contributed by atoms with Crippen molar-refractivity contribution in [2.75, 3.05) is 0 Å². The van der Waals surface area contributed by atoms with Crippen LogP contribution in [-0.2, 0) is 11.2 Å². The van der Waals surface area contributed by atoms with Gasteiger partial charge in [0.2, 0.25) is 0 Å². The number of alkyl halides is 3. The maximum atomic E-state index is 12.3. The van der Waals surface area contributed by atoms with Gasteiger partial charge in [-0.3, -0.25) is 0 Å². The smallest absolute Gasteiger partial charge is 0.406 e. The van der Waals surface area contributed by atoms with Crippen LogP contribution in [0.5, 0.6) is 5.75 Å². The van der Waals surface area contributed by atoms with Crippen LogP contribution in [0.15, 0.2) is 30.5 Å². The normalized spacial score (nSPS) is 20.5. The highest BCUT2D eigenvalue weighted by molar-refractivity contribution is 6.30. The molecule has 0 amide bonds. The quantitative estimate of drug-likeness (QED) is 0.657. The van der Waals surface area contributed by atoms with Crippen molar-refractivity contribution in [1.29, 1.82) is 0 Å². The van der Waals surface area contributed by atoms with E-state index >= 15 is 0 Å². The van der Waals surface area contributed by atoms with Gasteiger partial charge < -0.3 is 9.47 Å². The van der Waals surface area contributed by atoms with Gasteiger partial charge >= 0.3 is 6.36 Å². The zero-order valence-electron chi connectivity index (χ0n) is 14.8. The van der Waals surface area contributed by atoms with Crippen molar-refractivity contribution >= 4 is 11.6 Å². The molecule has 1 aliphatic heterocycles. The second kappa shape index (κ2) is 8.44. The Morgan fingerprint density at radius 3 is 2.67 bits per heavy atom. The average Bonchev–Trinajstić information content (AvgIpc) is 2.62. The fourth-order valence-electron chi connectivity index (χ4n) is 3.26. The maximum Gasteiger partial charge on any atom is 0.573 e. The lowest BCUT2D eigenvalue weighted by Crippen LogP contribution is -2.23. The van der Waals surface area contributed by atoms with Crippen molar-refractivity contribution in [3.63, 3.8) is 0 Å². The Morgan fingerprint density at radius 1 is 1.22 bits per heavy atom. The molecule has 1 aromatic carbocycles. The summed E-state index contributed by atoms with van der Waals surface area (Å²) in [5.41, 5.74) is 2.84. The molecule has 2 heterocycles. The highest BCUT2D eigenvalue weighted by Crippen LogP contribution is 2.34. The number of hydrogen-bond donors (Lipinski definition) is 0. The lowest BCUT2D eigenvalue weighted by atomic mass is 9.95. The molecule has 0 radical (unpaired) electrons. The van der Waals surface area contributed by atoms with Gasteiger partial charge in [-0.2, -0.15) is 5.10 Å². The molecule has 2 atom stereocenters. The predicted octanol–water partition coefficient (Wildman–Crippen LogP) is 5.58. The topological polar surface area (TPSA) is 44.2 Å². The molecular weight excluding hydrogens is 381 g/mol. The van der Waals surface area contributed by atoms with E-state index in [-0.39, 0.29) is 18.0 Å². The van der Waals surface area contributed by atoms with Crippen LogP contribution in [0, 0.1) is 6.92 Å². The molecule has 0 spiro atoms. The Balaban J connectivity index is 1.58. The molecule has 3 rings (SSSR count). The molecule has 1 saturated heterocycles. The molecule has 8 heteroatoms. The summed E-state index contributed by atoms with van der Waals surface area (Å²) in [6, 6.07) is 5.91. The zero-order valence-corrected chi connectivity index (χ0v) is 15.6. The molecular formula is C19H20ClF3N2O2. The van der Waals surface area contributed by atoms with Crippen LogP contribution in [0.25, 0.3) is 0 Å². The van der Waals surface area contributed by atoms with E-state index in [1.165, 1.54) is 12.1 Å². The van der Waals surface area contributed by atoms with Gasteiger partial charge in [0.25, 0.3) is 0 Å². The second-order valence-electron chi connectivity index (χ2n) is 6.62. The van der Waals surface area contributed by atoms with Crippen molar-refractivity contribution in [2.24, 2.45) is 0 Å². The highest BCUT2D eigenvalue weighted by Gasteiger charge is 2.31. The average molecular weight is 401 g/mol. The van der Waals surface area contributed by atoms with E-state index in [2.05, 4.69) is 14.9 Å². The Hall–Kier alpha value is -1.86. The molecule has 146 valence electrons. The summed E-state index contributed by atoms with van der Waals surface area (Å²) >= 11 is 6.01. The minimum Gasteiger partial charge on any atom is -0.406 e. The van der Waals surface area contributed by atoms with E-state index in [0.717, 1.165) is 48.8 Å². The van der Waals surface area contributed by atoms with Gasteiger partial charge in [0.1, 0.15) is 5.75 Å². The minimum atomic E-state index is -4.68. The van der Waals surface area contributed by atoms with Crippen LogP contribution in [0.4, 0.5) is 13.2 Å². The Kier molecular flexibility index (Phi) is 6.22. The highest BCUT2D eigenvalue weighted by atomic mass is 35.5. The molecule has 1 aliphatic rings. The van der Waals surface area contributed by atoms with Crippen LogP contribution in [0.2, 0.25) is 5.15 Å².